The lowest BCUT2D eigenvalue weighted by Gasteiger charge is -2.29. The Bertz CT molecular complexity index is 503. The summed E-state index contributed by atoms with van der Waals surface area (Å²) in [7, 11) is 1.42. The van der Waals surface area contributed by atoms with E-state index in [1.807, 2.05) is 30.3 Å². The molecule has 0 saturated heterocycles. The van der Waals surface area contributed by atoms with Crippen LogP contribution < -0.4 is 10.1 Å². The van der Waals surface area contributed by atoms with Gasteiger partial charge in [-0.25, -0.2) is 0 Å². The molecule has 0 heterocycles. The second kappa shape index (κ2) is 9.18. The molecule has 1 aliphatic carbocycles. The molecular formula is C18H25NO4. The van der Waals surface area contributed by atoms with Gasteiger partial charge in [-0.15, -0.1) is 0 Å². The topological polar surface area (TPSA) is 64.6 Å². The number of methoxy groups -OCH3 is 1. The average Bonchev–Trinajstić information content (AvgIpc) is 2.60. The Hall–Kier alpha value is -2.04. The molecule has 0 spiro atoms. The molecule has 1 fully saturated rings. The summed E-state index contributed by atoms with van der Waals surface area (Å²) in [4.78, 5) is 23.7. The van der Waals surface area contributed by atoms with Gasteiger partial charge in [0.05, 0.1) is 26.1 Å². The first-order valence-corrected chi connectivity index (χ1v) is 8.23. The highest BCUT2D eigenvalue weighted by Gasteiger charge is 2.31. The second-order valence-corrected chi connectivity index (χ2v) is 5.89. The summed E-state index contributed by atoms with van der Waals surface area (Å²) >= 11 is 0. The van der Waals surface area contributed by atoms with Crippen molar-refractivity contribution in [2.24, 2.45) is 11.8 Å². The minimum Gasteiger partial charge on any atom is -0.493 e. The summed E-state index contributed by atoms with van der Waals surface area (Å²) in [6.07, 6.45) is 4.27. The number of para-hydroxylation sites is 1. The van der Waals surface area contributed by atoms with Crippen molar-refractivity contribution in [1.29, 1.82) is 0 Å². The van der Waals surface area contributed by atoms with Gasteiger partial charge in [0.25, 0.3) is 0 Å². The zero-order valence-electron chi connectivity index (χ0n) is 13.6. The number of amides is 1. The highest BCUT2D eigenvalue weighted by molar-refractivity contribution is 5.76. The van der Waals surface area contributed by atoms with Gasteiger partial charge < -0.3 is 14.8 Å². The van der Waals surface area contributed by atoms with Gasteiger partial charge in [-0.05, 0) is 30.9 Å². The summed E-state index contributed by atoms with van der Waals surface area (Å²) in [5.74, 6) is 0.648. The van der Waals surface area contributed by atoms with Gasteiger partial charge in [0, 0.05) is 6.54 Å². The highest BCUT2D eigenvalue weighted by Crippen LogP contribution is 2.30. The molecule has 126 valence electrons. The number of ether oxygens (including phenoxy) is 2. The van der Waals surface area contributed by atoms with Crippen LogP contribution in [0.1, 0.15) is 32.1 Å². The molecule has 1 aromatic rings. The van der Waals surface area contributed by atoms with E-state index in [0.29, 0.717) is 19.6 Å². The number of hydrogen-bond acceptors (Lipinski definition) is 4. The number of esters is 1. The zero-order valence-corrected chi connectivity index (χ0v) is 13.6. The van der Waals surface area contributed by atoms with Crippen LogP contribution in [0.5, 0.6) is 5.75 Å². The van der Waals surface area contributed by atoms with Gasteiger partial charge in [-0.3, -0.25) is 9.59 Å². The molecule has 1 aliphatic rings. The third-order valence-electron chi connectivity index (χ3n) is 4.32. The number of carbonyl (C=O) groups excluding carboxylic acids is 2. The third kappa shape index (κ3) is 5.58. The van der Waals surface area contributed by atoms with Crippen molar-refractivity contribution in [3.63, 3.8) is 0 Å². The zero-order chi connectivity index (χ0) is 16.5. The predicted octanol–water partition coefficient (Wildman–Crippen LogP) is 2.55. The molecule has 1 aromatic carbocycles. The fourth-order valence-corrected chi connectivity index (χ4v) is 3.03. The minimum atomic E-state index is -0.156. The van der Waals surface area contributed by atoms with Gasteiger partial charge >= 0.3 is 5.97 Å². The molecule has 1 amide bonds. The molecule has 0 bridgehead atoms. The molecule has 0 aromatic heterocycles. The monoisotopic (exact) mass is 319 g/mol. The highest BCUT2D eigenvalue weighted by atomic mass is 16.5. The Morgan fingerprint density at radius 2 is 1.91 bits per heavy atom. The second-order valence-electron chi connectivity index (χ2n) is 5.89. The van der Waals surface area contributed by atoms with E-state index in [1.54, 1.807) is 0 Å². The standard InChI is InChI=1S/C18H25NO4/c1-22-18(21)16-10-6-5-7-14(16)13-19-17(20)11-12-23-15-8-3-2-4-9-15/h2-4,8-9,14,16H,5-7,10-13H2,1H3,(H,19,20). The van der Waals surface area contributed by atoms with Crippen LogP contribution in [0.15, 0.2) is 30.3 Å². The SMILES string of the molecule is COC(=O)C1CCCCC1CNC(=O)CCOc1ccccc1. The molecule has 0 radical (unpaired) electrons. The van der Waals surface area contributed by atoms with Gasteiger partial charge in [0.1, 0.15) is 5.75 Å². The number of carbonyl (C=O) groups is 2. The van der Waals surface area contributed by atoms with Crippen LogP contribution in [0.25, 0.3) is 0 Å². The van der Waals surface area contributed by atoms with Crippen LogP contribution in [0.3, 0.4) is 0 Å². The molecule has 2 atom stereocenters. The summed E-state index contributed by atoms with van der Waals surface area (Å²) in [6.45, 7) is 0.880. The van der Waals surface area contributed by atoms with E-state index in [9.17, 15) is 9.59 Å². The van der Waals surface area contributed by atoms with Crippen LogP contribution in [0.2, 0.25) is 0 Å². The van der Waals surface area contributed by atoms with Crippen molar-refractivity contribution >= 4 is 11.9 Å². The van der Waals surface area contributed by atoms with E-state index in [-0.39, 0.29) is 23.7 Å². The van der Waals surface area contributed by atoms with Crippen molar-refractivity contribution in [2.75, 3.05) is 20.3 Å². The number of benzene rings is 1. The van der Waals surface area contributed by atoms with Crippen molar-refractivity contribution in [3.05, 3.63) is 30.3 Å². The largest absolute Gasteiger partial charge is 0.493 e. The van der Waals surface area contributed by atoms with Crippen LogP contribution >= 0.6 is 0 Å². The lowest BCUT2D eigenvalue weighted by molar-refractivity contribution is -0.148. The molecular weight excluding hydrogens is 294 g/mol. The van der Waals surface area contributed by atoms with E-state index in [4.69, 9.17) is 9.47 Å². The Labute approximate surface area is 137 Å². The van der Waals surface area contributed by atoms with Crippen molar-refractivity contribution in [3.8, 4) is 5.75 Å². The molecule has 2 rings (SSSR count). The van der Waals surface area contributed by atoms with Gasteiger partial charge in [0.2, 0.25) is 5.91 Å². The van der Waals surface area contributed by atoms with Crippen molar-refractivity contribution < 1.29 is 19.1 Å². The average molecular weight is 319 g/mol. The lowest BCUT2D eigenvalue weighted by atomic mass is 9.79. The summed E-state index contributed by atoms with van der Waals surface area (Å²) in [5.41, 5.74) is 0. The van der Waals surface area contributed by atoms with Gasteiger partial charge in [0.15, 0.2) is 0 Å². The first-order valence-electron chi connectivity index (χ1n) is 8.23. The molecule has 23 heavy (non-hydrogen) atoms. The fourth-order valence-electron chi connectivity index (χ4n) is 3.03. The normalized spacial score (nSPS) is 20.6. The van der Waals surface area contributed by atoms with Crippen LogP contribution in [-0.4, -0.2) is 32.1 Å². The van der Waals surface area contributed by atoms with Gasteiger partial charge in [-0.1, -0.05) is 31.0 Å². The van der Waals surface area contributed by atoms with Crippen molar-refractivity contribution in [2.45, 2.75) is 32.1 Å². The van der Waals surface area contributed by atoms with E-state index >= 15 is 0 Å². The predicted molar refractivity (Wildman–Crippen MR) is 87.0 cm³/mol. The summed E-state index contributed by atoms with van der Waals surface area (Å²) in [6, 6.07) is 9.43. The molecule has 1 N–H and O–H groups in total. The molecule has 5 heteroatoms. The van der Waals surface area contributed by atoms with Crippen LogP contribution in [0.4, 0.5) is 0 Å². The maximum atomic E-state index is 11.9. The van der Waals surface area contributed by atoms with E-state index < -0.39 is 0 Å². The fraction of sp³-hybridized carbons (Fsp3) is 0.556. The van der Waals surface area contributed by atoms with Crippen LogP contribution in [-0.2, 0) is 14.3 Å². The summed E-state index contributed by atoms with van der Waals surface area (Å²) < 4.78 is 10.4. The number of hydrogen-bond donors (Lipinski definition) is 1. The Morgan fingerprint density at radius 3 is 2.65 bits per heavy atom. The number of rotatable bonds is 7. The lowest BCUT2D eigenvalue weighted by Crippen LogP contribution is -2.38. The van der Waals surface area contributed by atoms with Crippen LogP contribution in [0, 0.1) is 11.8 Å². The molecule has 1 saturated carbocycles. The molecule has 2 unspecified atom stereocenters. The Kier molecular flexibility index (Phi) is 6.91. The number of nitrogens with one attached hydrogen (secondary N) is 1. The molecule has 0 aliphatic heterocycles. The third-order valence-corrected chi connectivity index (χ3v) is 4.32. The quantitative estimate of drug-likeness (QED) is 0.785. The first kappa shape index (κ1) is 17.3. The maximum Gasteiger partial charge on any atom is 0.309 e. The Morgan fingerprint density at radius 1 is 1.17 bits per heavy atom. The van der Waals surface area contributed by atoms with E-state index in [0.717, 1.165) is 31.4 Å². The molecule has 5 nitrogen and oxygen atoms in total. The van der Waals surface area contributed by atoms with Crippen molar-refractivity contribution in [1.82, 2.24) is 5.32 Å². The van der Waals surface area contributed by atoms with Gasteiger partial charge in [-0.2, -0.15) is 0 Å². The first-order chi connectivity index (χ1) is 11.2. The maximum absolute atomic E-state index is 11.9. The Balaban J connectivity index is 1.69. The smallest absolute Gasteiger partial charge is 0.309 e. The minimum absolute atomic E-state index is 0.0462. The van der Waals surface area contributed by atoms with E-state index in [2.05, 4.69) is 5.32 Å². The van der Waals surface area contributed by atoms with E-state index in [1.165, 1.54) is 7.11 Å². The summed E-state index contributed by atoms with van der Waals surface area (Å²) in [5, 5.41) is 2.92.